The number of methoxy groups -OCH3 is 1. The molecule has 37 heavy (non-hydrogen) atoms. The zero-order valence-electron chi connectivity index (χ0n) is 19.9. The molecule has 0 spiro atoms. The molecule has 10 heteroatoms. The van der Waals surface area contributed by atoms with Crippen LogP contribution >= 0.6 is 23.2 Å². The lowest BCUT2D eigenvalue weighted by Crippen LogP contribution is -2.09. The molecular formula is C27H22Cl2N6O2. The van der Waals surface area contributed by atoms with Crippen molar-refractivity contribution < 1.29 is 9.53 Å². The number of anilines is 5. The average Bonchev–Trinajstić information content (AvgIpc) is 2.90. The summed E-state index contributed by atoms with van der Waals surface area (Å²) in [6, 6.07) is 19.9. The Bertz CT molecular complexity index is 1500. The molecule has 4 rings (SSSR count). The summed E-state index contributed by atoms with van der Waals surface area (Å²) in [5.74, 6) is -0.406. The van der Waals surface area contributed by atoms with Crippen LogP contribution in [0.5, 0.6) is 0 Å². The molecule has 8 nitrogen and oxygen atoms in total. The molecule has 0 saturated heterocycles. The minimum absolute atomic E-state index is 0.234. The van der Waals surface area contributed by atoms with Gasteiger partial charge in [0.1, 0.15) is 12.0 Å². The molecule has 0 aliphatic heterocycles. The molecule has 4 aromatic rings. The lowest BCUT2D eigenvalue weighted by atomic mass is 9.91. The fourth-order valence-electron chi connectivity index (χ4n) is 3.77. The Morgan fingerprint density at radius 3 is 2.32 bits per heavy atom. The van der Waals surface area contributed by atoms with Crippen LogP contribution in [0.1, 0.15) is 33.0 Å². The van der Waals surface area contributed by atoms with E-state index >= 15 is 0 Å². The maximum absolute atomic E-state index is 12.1. The summed E-state index contributed by atoms with van der Waals surface area (Å²) in [4.78, 5) is 20.6. The summed E-state index contributed by atoms with van der Waals surface area (Å²) in [5.41, 5.74) is 10.4. The Morgan fingerprint density at radius 2 is 1.68 bits per heavy atom. The first-order chi connectivity index (χ1) is 17.8. The number of rotatable bonds is 7. The van der Waals surface area contributed by atoms with Crippen molar-refractivity contribution in [3.8, 4) is 6.07 Å². The molecule has 1 atom stereocenters. The number of benzene rings is 3. The Kier molecular flexibility index (Phi) is 7.77. The third kappa shape index (κ3) is 5.59. The van der Waals surface area contributed by atoms with Crippen molar-refractivity contribution in [2.75, 3.05) is 23.5 Å². The van der Waals surface area contributed by atoms with Crippen LogP contribution < -0.4 is 16.4 Å². The van der Waals surface area contributed by atoms with Gasteiger partial charge >= 0.3 is 5.97 Å². The highest BCUT2D eigenvalue weighted by Gasteiger charge is 2.20. The molecule has 0 fully saturated rings. The lowest BCUT2D eigenvalue weighted by Gasteiger charge is -2.18. The van der Waals surface area contributed by atoms with E-state index in [1.54, 1.807) is 42.5 Å². The van der Waals surface area contributed by atoms with E-state index in [0.717, 1.165) is 11.1 Å². The smallest absolute Gasteiger partial charge is 0.339 e. The lowest BCUT2D eigenvalue weighted by molar-refractivity contribution is 0.0602. The first-order valence-electron chi connectivity index (χ1n) is 11.1. The minimum Gasteiger partial charge on any atom is -0.465 e. The van der Waals surface area contributed by atoms with Gasteiger partial charge in [-0.2, -0.15) is 5.26 Å². The van der Waals surface area contributed by atoms with E-state index in [2.05, 4.69) is 26.7 Å². The molecule has 0 bridgehead atoms. The Balaban J connectivity index is 1.63. The average molecular weight is 533 g/mol. The van der Waals surface area contributed by atoms with Crippen LogP contribution in [0.2, 0.25) is 10.0 Å². The van der Waals surface area contributed by atoms with Crippen LogP contribution in [-0.4, -0.2) is 23.0 Å². The molecule has 0 aliphatic carbocycles. The van der Waals surface area contributed by atoms with Crippen molar-refractivity contribution in [2.45, 2.75) is 12.8 Å². The van der Waals surface area contributed by atoms with Gasteiger partial charge in [-0.15, -0.1) is 0 Å². The zero-order chi connectivity index (χ0) is 26.5. The normalized spacial score (nSPS) is 11.3. The zero-order valence-corrected chi connectivity index (χ0v) is 21.4. The minimum atomic E-state index is -0.563. The van der Waals surface area contributed by atoms with Crippen LogP contribution in [0.25, 0.3) is 0 Å². The molecule has 0 amide bonds. The molecule has 0 radical (unpaired) electrons. The van der Waals surface area contributed by atoms with Gasteiger partial charge in [0.2, 0.25) is 0 Å². The fourth-order valence-corrected chi connectivity index (χ4v) is 4.17. The Labute approximate surface area is 224 Å². The van der Waals surface area contributed by atoms with Gasteiger partial charge in [0.05, 0.1) is 30.3 Å². The van der Waals surface area contributed by atoms with E-state index < -0.39 is 11.9 Å². The molecule has 0 aliphatic rings. The number of aryl methyl sites for hydroxylation is 1. The van der Waals surface area contributed by atoms with E-state index in [-0.39, 0.29) is 5.69 Å². The molecule has 3 aromatic carbocycles. The number of nitrogens with zero attached hydrogens (tertiary/aromatic N) is 3. The number of carbonyl (C=O) groups is 1. The number of esters is 1. The Morgan fingerprint density at radius 1 is 1.03 bits per heavy atom. The summed E-state index contributed by atoms with van der Waals surface area (Å²) in [6.07, 6.45) is 1.35. The van der Waals surface area contributed by atoms with Gasteiger partial charge in [0.25, 0.3) is 0 Å². The largest absolute Gasteiger partial charge is 0.465 e. The quantitative estimate of drug-likeness (QED) is 0.227. The van der Waals surface area contributed by atoms with Crippen molar-refractivity contribution >= 4 is 57.9 Å². The fraction of sp³-hybridized carbons (Fsp3) is 0.111. The second-order valence-corrected chi connectivity index (χ2v) is 8.92. The third-order valence-electron chi connectivity index (χ3n) is 5.71. The number of aromatic nitrogens is 2. The number of para-hydroxylation sites is 1. The highest BCUT2D eigenvalue weighted by atomic mass is 35.5. The van der Waals surface area contributed by atoms with E-state index in [4.69, 9.17) is 33.7 Å². The maximum atomic E-state index is 12.1. The van der Waals surface area contributed by atoms with Crippen LogP contribution in [0, 0.1) is 18.3 Å². The second-order valence-electron chi connectivity index (χ2n) is 8.07. The number of carbonyl (C=O) groups excluding carboxylic acids is 1. The summed E-state index contributed by atoms with van der Waals surface area (Å²) < 4.78 is 4.85. The van der Waals surface area contributed by atoms with Crippen molar-refractivity contribution in [1.29, 1.82) is 5.26 Å². The van der Waals surface area contributed by atoms with E-state index in [9.17, 15) is 10.1 Å². The molecule has 186 valence electrons. The topological polar surface area (TPSA) is 126 Å². The number of nitrogen functional groups attached to an aromatic ring is 1. The van der Waals surface area contributed by atoms with Gasteiger partial charge in [-0.1, -0.05) is 53.5 Å². The van der Waals surface area contributed by atoms with Gasteiger partial charge in [0.15, 0.2) is 11.6 Å². The molecule has 1 aromatic heterocycles. The molecular weight excluding hydrogens is 511 g/mol. The molecule has 0 saturated carbocycles. The van der Waals surface area contributed by atoms with E-state index in [0.29, 0.717) is 44.2 Å². The first kappa shape index (κ1) is 25.8. The van der Waals surface area contributed by atoms with Gasteiger partial charge in [-0.05, 0) is 53.9 Å². The number of ether oxygens (including phenoxy) is 1. The molecule has 1 heterocycles. The van der Waals surface area contributed by atoms with Crippen LogP contribution in [-0.2, 0) is 4.74 Å². The summed E-state index contributed by atoms with van der Waals surface area (Å²) >= 11 is 12.6. The predicted octanol–water partition coefficient (Wildman–Crippen LogP) is 6.60. The number of hydrogen-bond donors (Lipinski definition) is 3. The highest BCUT2D eigenvalue weighted by molar-refractivity contribution is 6.32. The number of nitrogens with one attached hydrogen (secondary N) is 2. The van der Waals surface area contributed by atoms with Crippen molar-refractivity contribution in [2.24, 2.45) is 0 Å². The SMILES string of the molecule is COC(=O)c1ccccc1Nc1ncnc(Nc2cc(Cl)c(C(C#N)c3ccc(Cl)cc3)cc2C)c1N. The third-order valence-corrected chi connectivity index (χ3v) is 6.29. The standard InChI is InChI=1S/C27H22Cl2N6O2/c1-15-11-19(20(13-30)16-7-9-17(28)10-8-16)21(29)12-23(15)35-26-24(31)25(32-14-33-26)34-22-6-4-3-5-18(22)27(36)37-2/h3-12,14,20H,31H2,1-2H3,(H2,32,33,34,35). The second kappa shape index (κ2) is 11.2. The number of nitriles is 1. The monoisotopic (exact) mass is 532 g/mol. The van der Waals surface area contributed by atoms with Gasteiger partial charge in [0, 0.05) is 15.7 Å². The van der Waals surface area contributed by atoms with Crippen LogP contribution in [0.3, 0.4) is 0 Å². The summed E-state index contributed by atoms with van der Waals surface area (Å²) in [6.45, 7) is 1.89. The van der Waals surface area contributed by atoms with Crippen LogP contribution in [0.15, 0.2) is 67.0 Å². The summed E-state index contributed by atoms with van der Waals surface area (Å²) in [7, 11) is 1.31. The Hall–Kier alpha value is -4.32. The number of hydrogen-bond acceptors (Lipinski definition) is 8. The highest BCUT2D eigenvalue weighted by Crippen LogP contribution is 2.36. The van der Waals surface area contributed by atoms with Gasteiger partial charge in [-0.25, -0.2) is 14.8 Å². The van der Waals surface area contributed by atoms with Crippen LogP contribution in [0.4, 0.5) is 28.7 Å². The maximum Gasteiger partial charge on any atom is 0.339 e. The number of halogens is 2. The van der Waals surface area contributed by atoms with E-state index in [1.165, 1.54) is 13.4 Å². The molecule has 4 N–H and O–H groups in total. The summed E-state index contributed by atoms with van der Waals surface area (Å²) in [5, 5.41) is 17.1. The van der Waals surface area contributed by atoms with Gasteiger partial charge < -0.3 is 21.1 Å². The van der Waals surface area contributed by atoms with Crippen molar-refractivity contribution in [1.82, 2.24) is 9.97 Å². The van der Waals surface area contributed by atoms with Gasteiger partial charge in [-0.3, -0.25) is 0 Å². The van der Waals surface area contributed by atoms with Crippen molar-refractivity contribution in [3.63, 3.8) is 0 Å². The van der Waals surface area contributed by atoms with Crippen molar-refractivity contribution in [3.05, 3.63) is 99.3 Å². The van der Waals surface area contributed by atoms with E-state index in [1.807, 2.05) is 25.1 Å². The predicted molar refractivity (Wildman–Crippen MR) is 146 cm³/mol. The number of nitrogens with two attached hydrogens (primary N) is 1. The molecule has 1 unspecified atom stereocenters. The first-order valence-corrected chi connectivity index (χ1v) is 11.8.